The molecule has 2 heterocycles. The maximum Gasteiger partial charge on any atom is 0.259 e. The van der Waals surface area contributed by atoms with Crippen molar-refractivity contribution in [2.24, 2.45) is 7.05 Å². The summed E-state index contributed by atoms with van der Waals surface area (Å²) < 4.78 is 1.54. The molecule has 0 spiro atoms. The molecule has 0 saturated carbocycles. The standard InChI is InChI=1S/C23H24ClN7O/c1-4-10-26-22-19(21(25)30-31(22)3)23(32)28-13(2)15-11-17(24)16-12-27-29-20(16)18(15)14-8-6-5-7-9-14/h4-9,11-13,26H,1,10H2,2-3H3,(H2,25,30)(H,27,29)(H,28,32). The summed E-state index contributed by atoms with van der Waals surface area (Å²) in [5.41, 5.74) is 9.92. The highest BCUT2D eigenvalue weighted by molar-refractivity contribution is 6.36. The third kappa shape index (κ3) is 3.80. The molecule has 2 aromatic heterocycles. The van der Waals surface area contributed by atoms with Gasteiger partial charge in [-0.2, -0.15) is 10.2 Å². The molecule has 1 atom stereocenters. The maximum absolute atomic E-state index is 13.2. The second-order valence-electron chi connectivity index (χ2n) is 7.44. The quantitative estimate of drug-likeness (QED) is 0.314. The minimum Gasteiger partial charge on any atom is -0.381 e. The van der Waals surface area contributed by atoms with Gasteiger partial charge in [0.15, 0.2) is 5.82 Å². The summed E-state index contributed by atoms with van der Waals surface area (Å²) in [6.45, 7) is 6.07. The van der Waals surface area contributed by atoms with Crippen LogP contribution in [-0.2, 0) is 7.05 Å². The van der Waals surface area contributed by atoms with E-state index in [0.29, 0.717) is 17.4 Å². The van der Waals surface area contributed by atoms with Crippen LogP contribution >= 0.6 is 11.6 Å². The van der Waals surface area contributed by atoms with Gasteiger partial charge in [0.1, 0.15) is 11.4 Å². The molecule has 2 aromatic carbocycles. The first kappa shape index (κ1) is 21.5. The van der Waals surface area contributed by atoms with E-state index in [1.54, 1.807) is 24.0 Å². The molecule has 0 fully saturated rings. The zero-order valence-electron chi connectivity index (χ0n) is 17.8. The van der Waals surface area contributed by atoms with Crippen LogP contribution in [0.25, 0.3) is 22.0 Å². The van der Waals surface area contributed by atoms with E-state index >= 15 is 0 Å². The summed E-state index contributed by atoms with van der Waals surface area (Å²) in [5.74, 6) is 0.334. The SMILES string of the molecule is C=CCNc1c(C(=O)NC(C)c2cc(Cl)c3cn[nH]c3c2-c2ccccc2)c(N)nn1C. The van der Waals surface area contributed by atoms with Crippen LogP contribution in [0.1, 0.15) is 28.9 Å². The number of nitrogens with zero attached hydrogens (tertiary/aromatic N) is 3. The summed E-state index contributed by atoms with van der Waals surface area (Å²) in [7, 11) is 1.72. The Kier molecular flexibility index (Phi) is 5.87. The number of nitrogens with two attached hydrogens (primary N) is 1. The molecular weight excluding hydrogens is 426 g/mol. The highest BCUT2D eigenvalue weighted by Gasteiger charge is 2.25. The average molecular weight is 450 g/mol. The molecule has 8 nitrogen and oxygen atoms in total. The zero-order valence-corrected chi connectivity index (χ0v) is 18.6. The minimum atomic E-state index is -0.380. The van der Waals surface area contributed by atoms with Crippen LogP contribution < -0.4 is 16.4 Å². The van der Waals surface area contributed by atoms with Crippen molar-refractivity contribution in [3.63, 3.8) is 0 Å². The number of carbonyl (C=O) groups excluding carboxylic acids is 1. The van der Waals surface area contributed by atoms with Gasteiger partial charge in [0.05, 0.1) is 22.8 Å². The van der Waals surface area contributed by atoms with Gasteiger partial charge in [-0.1, -0.05) is 48.0 Å². The molecule has 164 valence electrons. The van der Waals surface area contributed by atoms with Gasteiger partial charge in [-0.15, -0.1) is 6.58 Å². The first-order chi connectivity index (χ1) is 15.4. The van der Waals surface area contributed by atoms with E-state index in [-0.39, 0.29) is 23.3 Å². The molecule has 0 radical (unpaired) electrons. The highest BCUT2D eigenvalue weighted by atomic mass is 35.5. The zero-order chi connectivity index (χ0) is 22.8. The van der Waals surface area contributed by atoms with E-state index in [1.165, 1.54) is 0 Å². The lowest BCUT2D eigenvalue weighted by atomic mass is 9.93. The van der Waals surface area contributed by atoms with Crippen LogP contribution in [0, 0.1) is 0 Å². The number of fused-ring (bicyclic) bond motifs is 1. The molecule has 9 heteroatoms. The monoisotopic (exact) mass is 449 g/mol. The number of halogens is 1. The van der Waals surface area contributed by atoms with Crippen molar-refractivity contribution in [3.8, 4) is 11.1 Å². The fraction of sp³-hybridized carbons (Fsp3) is 0.174. The minimum absolute atomic E-state index is 0.147. The van der Waals surface area contributed by atoms with E-state index in [2.05, 4.69) is 32.5 Å². The lowest BCUT2D eigenvalue weighted by Crippen LogP contribution is -2.28. The maximum atomic E-state index is 13.2. The van der Waals surface area contributed by atoms with Gasteiger partial charge in [0, 0.05) is 24.5 Å². The van der Waals surface area contributed by atoms with Gasteiger partial charge in [-0.3, -0.25) is 14.6 Å². The fourth-order valence-corrected chi connectivity index (χ4v) is 4.09. The van der Waals surface area contributed by atoms with Crippen molar-refractivity contribution in [2.75, 3.05) is 17.6 Å². The number of hydrogen-bond donors (Lipinski definition) is 4. The third-order valence-electron chi connectivity index (χ3n) is 5.31. The highest BCUT2D eigenvalue weighted by Crippen LogP contribution is 2.38. The lowest BCUT2D eigenvalue weighted by Gasteiger charge is -2.20. The first-order valence-electron chi connectivity index (χ1n) is 10.1. The van der Waals surface area contributed by atoms with Gasteiger partial charge in [-0.05, 0) is 24.1 Å². The molecule has 0 aliphatic heterocycles. The number of hydrogen-bond acceptors (Lipinski definition) is 5. The summed E-state index contributed by atoms with van der Waals surface area (Å²) in [6.07, 6.45) is 3.40. The molecule has 0 bridgehead atoms. The van der Waals surface area contributed by atoms with Crippen LogP contribution in [0.15, 0.2) is 55.3 Å². The van der Waals surface area contributed by atoms with Crippen LogP contribution in [0.2, 0.25) is 5.02 Å². The second kappa shape index (κ2) is 8.76. The van der Waals surface area contributed by atoms with Gasteiger partial charge in [0.2, 0.25) is 0 Å². The molecule has 4 rings (SSSR count). The number of aromatic nitrogens is 4. The number of aryl methyl sites for hydroxylation is 1. The summed E-state index contributed by atoms with van der Waals surface area (Å²) in [6, 6.07) is 11.4. The van der Waals surface area contributed by atoms with Crippen molar-refractivity contribution in [3.05, 3.63) is 71.4 Å². The molecule has 4 aromatic rings. The number of nitrogen functional groups attached to an aromatic ring is 1. The Morgan fingerprint density at radius 1 is 1.38 bits per heavy atom. The Morgan fingerprint density at radius 2 is 2.12 bits per heavy atom. The smallest absolute Gasteiger partial charge is 0.259 e. The van der Waals surface area contributed by atoms with Crippen LogP contribution in [0.4, 0.5) is 11.6 Å². The lowest BCUT2D eigenvalue weighted by molar-refractivity contribution is 0.0941. The predicted molar refractivity (Wildman–Crippen MR) is 129 cm³/mol. The van der Waals surface area contributed by atoms with Crippen LogP contribution in [-0.4, -0.2) is 32.4 Å². The Balaban J connectivity index is 1.75. The number of nitrogens with one attached hydrogen (secondary N) is 3. The normalized spacial score (nSPS) is 12.0. The summed E-state index contributed by atoms with van der Waals surface area (Å²) >= 11 is 6.55. The molecule has 0 aliphatic rings. The second-order valence-corrected chi connectivity index (χ2v) is 7.85. The summed E-state index contributed by atoms with van der Waals surface area (Å²) in [4.78, 5) is 13.2. The predicted octanol–water partition coefficient (Wildman–Crippen LogP) is 4.29. The van der Waals surface area contributed by atoms with Crippen molar-refractivity contribution < 1.29 is 4.79 Å². The largest absolute Gasteiger partial charge is 0.381 e. The average Bonchev–Trinajstić information content (AvgIpc) is 3.37. The van der Waals surface area contributed by atoms with E-state index in [0.717, 1.165) is 27.6 Å². The number of carbonyl (C=O) groups is 1. The topological polar surface area (TPSA) is 114 Å². The number of anilines is 2. The molecule has 1 amide bonds. The molecular formula is C23H24ClN7O. The molecule has 0 saturated heterocycles. The van der Waals surface area contributed by atoms with Crippen molar-refractivity contribution in [2.45, 2.75) is 13.0 Å². The van der Waals surface area contributed by atoms with Gasteiger partial charge in [0.25, 0.3) is 5.91 Å². The van der Waals surface area contributed by atoms with Gasteiger partial charge >= 0.3 is 0 Å². The first-order valence-corrected chi connectivity index (χ1v) is 10.5. The fourth-order valence-electron chi connectivity index (χ4n) is 3.83. The number of H-pyrrole nitrogens is 1. The Labute approximate surface area is 190 Å². The molecule has 32 heavy (non-hydrogen) atoms. The van der Waals surface area contributed by atoms with Gasteiger partial charge in [-0.25, -0.2) is 0 Å². The number of aromatic amines is 1. The third-order valence-corrected chi connectivity index (χ3v) is 5.62. The van der Waals surface area contributed by atoms with Crippen LogP contribution in [0.3, 0.4) is 0 Å². The number of benzene rings is 2. The van der Waals surface area contributed by atoms with Crippen molar-refractivity contribution in [1.82, 2.24) is 25.3 Å². The van der Waals surface area contributed by atoms with E-state index in [1.807, 2.05) is 43.3 Å². The molecule has 1 unspecified atom stereocenters. The Morgan fingerprint density at radius 3 is 2.84 bits per heavy atom. The van der Waals surface area contributed by atoms with E-state index < -0.39 is 0 Å². The van der Waals surface area contributed by atoms with Gasteiger partial charge < -0.3 is 16.4 Å². The van der Waals surface area contributed by atoms with E-state index in [4.69, 9.17) is 17.3 Å². The Bertz CT molecular complexity index is 1290. The molecule has 5 N–H and O–H groups in total. The van der Waals surface area contributed by atoms with Crippen molar-refractivity contribution >= 4 is 40.0 Å². The number of rotatable bonds is 7. The Hall–Kier alpha value is -3.78. The van der Waals surface area contributed by atoms with E-state index in [9.17, 15) is 4.79 Å². The van der Waals surface area contributed by atoms with Crippen molar-refractivity contribution in [1.29, 1.82) is 0 Å². The molecule has 0 aliphatic carbocycles. The summed E-state index contributed by atoms with van der Waals surface area (Å²) in [5, 5.41) is 18.9. The number of amides is 1. The van der Waals surface area contributed by atoms with Crippen LogP contribution in [0.5, 0.6) is 0 Å².